The van der Waals surface area contributed by atoms with Gasteiger partial charge in [-0.15, -0.1) is 0 Å². The number of phenolic OH excluding ortho intramolecular Hbond substituents is 1. The van der Waals surface area contributed by atoms with Gasteiger partial charge in [-0.2, -0.15) is 5.10 Å². The van der Waals surface area contributed by atoms with E-state index in [0.717, 1.165) is 5.56 Å². The standard InChI is InChI=1S/C11H10ClN5O/c12-10-9(13)11(15-6-14-10)17-16-5-7-1-3-8(18)4-2-7/h1-6,18H,13H2,(H,14,15,17)/b16-5-. The Morgan fingerprint density at radius 2 is 2.00 bits per heavy atom. The van der Waals surface area contributed by atoms with Crippen LogP contribution in [-0.2, 0) is 0 Å². The summed E-state index contributed by atoms with van der Waals surface area (Å²) >= 11 is 5.73. The van der Waals surface area contributed by atoms with Gasteiger partial charge < -0.3 is 10.8 Å². The van der Waals surface area contributed by atoms with Crippen LogP contribution in [0, 0.1) is 0 Å². The van der Waals surface area contributed by atoms with E-state index in [9.17, 15) is 0 Å². The van der Waals surface area contributed by atoms with Gasteiger partial charge in [-0.25, -0.2) is 9.97 Å². The number of halogens is 1. The minimum atomic E-state index is 0.173. The Balaban J connectivity index is 2.07. The van der Waals surface area contributed by atoms with Gasteiger partial charge >= 0.3 is 0 Å². The molecule has 0 aliphatic rings. The molecule has 92 valence electrons. The average Bonchev–Trinajstić information content (AvgIpc) is 2.37. The molecule has 0 aliphatic carbocycles. The maximum Gasteiger partial charge on any atom is 0.174 e. The minimum Gasteiger partial charge on any atom is -0.508 e. The monoisotopic (exact) mass is 263 g/mol. The summed E-state index contributed by atoms with van der Waals surface area (Å²) in [5, 5.41) is 13.3. The molecular weight excluding hydrogens is 254 g/mol. The van der Waals surface area contributed by atoms with Crippen LogP contribution < -0.4 is 11.2 Å². The highest BCUT2D eigenvalue weighted by molar-refractivity contribution is 6.32. The second-order valence-electron chi connectivity index (χ2n) is 3.39. The van der Waals surface area contributed by atoms with E-state index in [1.54, 1.807) is 30.5 Å². The van der Waals surface area contributed by atoms with Crippen molar-refractivity contribution in [1.82, 2.24) is 9.97 Å². The smallest absolute Gasteiger partial charge is 0.174 e. The molecule has 1 aromatic carbocycles. The van der Waals surface area contributed by atoms with Crippen LogP contribution in [0.15, 0.2) is 35.7 Å². The van der Waals surface area contributed by atoms with Crippen molar-refractivity contribution in [2.75, 3.05) is 11.2 Å². The van der Waals surface area contributed by atoms with Crippen LogP contribution in [0.5, 0.6) is 5.75 Å². The van der Waals surface area contributed by atoms with Gasteiger partial charge in [0.15, 0.2) is 11.0 Å². The number of phenols is 1. The Hall–Kier alpha value is -2.34. The van der Waals surface area contributed by atoms with Gasteiger partial charge in [0.2, 0.25) is 0 Å². The number of nitrogen functional groups attached to an aromatic ring is 1. The zero-order chi connectivity index (χ0) is 13.0. The molecule has 0 fully saturated rings. The molecule has 0 saturated carbocycles. The summed E-state index contributed by atoms with van der Waals surface area (Å²) in [5.41, 5.74) is 9.38. The van der Waals surface area contributed by atoms with Crippen LogP contribution in [0.2, 0.25) is 5.15 Å². The highest BCUT2D eigenvalue weighted by Gasteiger charge is 2.03. The Bertz CT molecular complexity index is 570. The van der Waals surface area contributed by atoms with E-state index >= 15 is 0 Å². The van der Waals surface area contributed by atoms with Crippen molar-refractivity contribution >= 4 is 29.3 Å². The van der Waals surface area contributed by atoms with E-state index in [4.69, 9.17) is 22.4 Å². The second-order valence-corrected chi connectivity index (χ2v) is 3.75. The summed E-state index contributed by atoms with van der Waals surface area (Å²) in [5.74, 6) is 0.539. The lowest BCUT2D eigenvalue weighted by molar-refractivity contribution is 0.475. The van der Waals surface area contributed by atoms with Crippen LogP contribution in [0.4, 0.5) is 11.5 Å². The topological polar surface area (TPSA) is 96.4 Å². The Kier molecular flexibility index (Phi) is 3.59. The van der Waals surface area contributed by atoms with Crippen LogP contribution in [0.25, 0.3) is 0 Å². The maximum atomic E-state index is 9.12. The van der Waals surface area contributed by atoms with E-state index in [-0.39, 0.29) is 16.6 Å². The maximum absolute atomic E-state index is 9.12. The number of benzene rings is 1. The number of nitrogens with zero attached hydrogens (tertiary/aromatic N) is 3. The number of nitrogens with two attached hydrogens (primary N) is 1. The van der Waals surface area contributed by atoms with Gasteiger partial charge in [-0.1, -0.05) is 11.6 Å². The molecule has 0 atom stereocenters. The van der Waals surface area contributed by atoms with Crippen molar-refractivity contribution in [2.45, 2.75) is 0 Å². The predicted octanol–water partition coefficient (Wildman–Crippen LogP) is 1.86. The molecule has 0 unspecified atom stereocenters. The SMILES string of the molecule is Nc1c(Cl)ncnc1N/N=C\c1ccc(O)cc1. The third-order valence-corrected chi connectivity index (χ3v) is 2.41. The summed E-state index contributed by atoms with van der Waals surface area (Å²) < 4.78 is 0. The summed E-state index contributed by atoms with van der Waals surface area (Å²) in [6.07, 6.45) is 2.85. The van der Waals surface area contributed by atoms with E-state index in [1.807, 2.05) is 0 Å². The minimum absolute atomic E-state index is 0.173. The van der Waals surface area contributed by atoms with Crippen molar-refractivity contribution in [3.8, 4) is 5.75 Å². The first-order valence-corrected chi connectivity index (χ1v) is 5.38. The quantitative estimate of drug-likeness (QED) is 0.446. The molecule has 2 rings (SSSR count). The molecule has 4 N–H and O–H groups in total. The van der Waals surface area contributed by atoms with Crippen molar-refractivity contribution in [3.63, 3.8) is 0 Å². The summed E-state index contributed by atoms with van der Waals surface area (Å²) in [4.78, 5) is 7.62. The first-order chi connectivity index (χ1) is 8.66. The van der Waals surface area contributed by atoms with Gasteiger partial charge in [-0.05, 0) is 29.8 Å². The van der Waals surface area contributed by atoms with Crippen LogP contribution in [0.1, 0.15) is 5.56 Å². The third-order valence-electron chi connectivity index (χ3n) is 2.11. The first kappa shape index (κ1) is 12.1. The summed E-state index contributed by atoms with van der Waals surface area (Å²) in [7, 11) is 0. The predicted molar refractivity (Wildman–Crippen MR) is 70.8 cm³/mol. The Morgan fingerprint density at radius 1 is 1.28 bits per heavy atom. The number of anilines is 2. The fourth-order valence-corrected chi connectivity index (χ4v) is 1.32. The van der Waals surface area contributed by atoms with Crippen LogP contribution in [-0.4, -0.2) is 21.3 Å². The van der Waals surface area contributed by atoms with Crippen molar-refractivity contribution in [2.24, 2.45) is 5.10 Å². The number of nitrogens with one attached hydrogen (secondary N) is 1. The molecular formula is C11H10ClN5O. The van der Waals surface area contributed by atoms with Crippen molar-refractivity contribution < 1.29 is 5.11 Å². The molecule has 1 heterocycles. The lowest BCUT2D eigenvalue weighted by Crippen LogP contribution is -2.00. The average molecular weight is 264 g/mol. The van der Waals surface area contributed by atoms with Crippen LogP contribution in [0.3, 0.4) is 0 Å². The lowest BCUT2D eigenvalue weighted by atomic mass is 10.2. The zero-order valence-electron chi connectivity index (χ0n) is 9.21. The number of aromatic hydroxyl groups is 1. The highest BCUT2D eigenvalue weighted by atomic mass is 35.5. The zero-order valence-corrected chi connectivity index (χ0v) is 9.96. The lowest BCUT2D eigenvalue weighted by Gasteiger charge is -2.03. The van der Waals surface area contributed by atoms with Crippen molar-refractivity contribution in [3.05, 3.63) is 41.3 Å². The van der Waals surface area contributed by atoms with Gasteiger partial charge in [0, 0.05) is 0 Å². The summed E-state index contributed by atoms with van der Waals surface area (Å²) in [6.45, 7) is 0. The Labute approximate surface area is 108 Å². The molecule has 18 heavy (non-hydrogen) atoms. The molecule has 7 heteroatoms. The highest BCUT2D eigenvalue weighted by Crippen LogP contribution is 2.21. The van der Waals surface area contributed by atoms with E-state index < -0.39 is 0 Å². The second kappa shape index (κ2) is 5.33. The molecule has 2 aromatic rings. The molecule has 0 radical (unpaired) electrons. The summed E-state index contributed by atoms with van der Waals surface area (Å²) in [6, 6.07) is 6.57. The molecule has 6 nitrogen and oxygen atoms in total. The van der Waals surface area contributed by atoms with Gasteiger partial charge in [0.25, 0.3) is 0 Å². The molecule has 1 aromatic heterocycles. The number of hydrogen-bond donors (Lipinski definition) is 3. The molecule has 0 bridgehead atoms. The number of aromatic nitrogens is 2. The van der Waals surface area contributed by atoms with Gasteiger partial charge in [0.05, 0.1) is 6.21 Å². The van der Waals surface area contributed by atoms with Gasteiger partial charge in [0.1, 0.15) is 17.8 Å². The van der Waals surface area contributed by atoms with Crippen LogP contribution >= 0.6 is 11.6 Å². The molecule has 0 saturated heterocycles. The normalized spacial score (nSPS) is 10.7. The van der Waals surface area contributed by atoms with E-state index in [2.05, 4.69) is 20.5 Å². The largest absolute Gasteiger partial charge is 0.508 e. The number of hydrazone groups is 1. The third kappa shape index (κ3) is 2.86. The van der Waals surface area contributed by atoms with E-state index in [0.29, 0.717) is 5.82 Å². The van der Waals surface area contributed by atoms with Gasteiger partial charge in [-0.3, -0.25) is 5.43 Å². The Morgan fingerprint density at radius 3 is 2.72 bits per heavy atom. The van der Waals surface area contributed by atoms with E-state index in [1.165, 1.54) is 6.33 Å². The van der Waals surface area contributed by atoms with Crippen molar-refractivity contribution in [1.29, 1.82) is 0 Å². The number of hydrogen-bond acceptors (Lipinski definition) is 6. The number of rotatable bonds is 3. The fraction of sp³-hybridized carbons (Fsp3) is 0. The molecule has 0 spiro atoms. The fourth-order valence-electron chi connectivity index (χ4n) is 1.19. The first-order valence-electron chi connectivity index (χ1n) is 5.01. The molecule has 0 aliphatic heterocycles. The molecule has 0 amide bonds.